The van der Waals surface area contributed by atoms with Crippen molar-refractivity contribution in [1.29, 1.82) is 0 Å². The van der Waals surface area contributed by atoms with Crippen LogP contribution in [0.3, 0.4) is 0 Å². The Morgan fingerprint density at radius 3 is 2.48 bits per heavy atom. The number of rotatable bonds is 5. The van der Waals surface area contributed by atoms with E-state index in [0.717, 1.165) is 12.1 Å². The Morgan fingerprint density at radius 2 is 1.76 bits per heavy atom. The van der Waals surface area contributed by atoms with E-state index in [2.05, 4.69) is 4.72 Å². The molecule has 0 unspecified atom stereocenters. The zero-order chi connectivity index (χ0) is 15.5. The molecule has 112 valence electrons. The predicted molar refractivity (Wildman–Crippen MR) is 72.7 cm³/mol. The largest absolute Gasteiger partial charge is 0.392 e. The second kappa shape index (κ2) is 6.30. The second-order valence-corrected chi connectivity index (χ2v) is 6.11. The minimum Gasteiger partial charge on any atom is -0.392 e. The summed E-state index contributed by atoms with van der Waals surface area (Å²) in [5.74, 6) is -1.85. The first-order valence-corrected chi connectivity index (χ1v) is 7.54. The molecular weight excluding hydrogens is 300 g/mol. The quantitative estimate of drug-likeness (QED) is 0.886. The van der Waals surface area contributed by atoms with Crippen molar-refractivity contribution in [1.82, 2.24) is 4.72 Å². The number of hydrogen-bond donors (Lipinski definition) is 2. The van der Waals surface area contributed by atoms with Gasteiger partial charge in [0.2, 0.25) is 10.0 Å². The van der Waals surface area contributed by atoms with E-state index in [1.165, 1.54) is 0 Å². The third-order valence-corrected chi connectivity index (χ3v) is 4.24. The number of nitrogens with one attached hydrogen (secondary N) is 1. The van der Waals surface area contributed by atoms with Crippen LogP contribution in [-0.2, 0) is 23.2 Å². The van der Waals surface area contributed by atoms with Gasteiger partial charge in [0, 0.05) is 6.54 Å². The van der Waals surface area contributed by atoms with Gasteiger partial charge < -0.3 is 5.11 Å². The molecule has 2 aromatic carbocycles. The Labute approximate surface area is 121 Å². The SMILES string of the molecule is O=S(=O)(NCc1cccc(CO)c1)c1cc(F)ccc1F. The van der Waals surface area contributed by atoms with E-state index in [1.807, 2.05) is 0 Å². The van der Waals surface area contributed by atoms with Crippen molar-refractivity contribution in [2.24, 2.45) is 0 Å². The first kappa shape index (κ1) is 15.6. The summed E-state index contributed by atoms with van der Waals surface area (Å²) < 4.78 is 52.7. The second-order valence-electron chi connectivity index (χ2n) is 4.38. The first-order chi connectivity index (χ1) is 9.92. The van der Waals surface area contributed by atoms with Crippen LogP contribution < -0.4 is 4.72 Å². The van der Waals surface area contributed by atoms with Gasteiger partial charge in [0.1, 0.15) is 16.5 Å². The van der Waals surface area contributed by atoms with Gasteiger partial charge in [-0.3, -0.25) is 0 Å². The zero-order valence-electron chi connectivity index (χ0n) is 10.9. The van der Waals surface area contributed by atoms with Gasteiger partial charge in [0.05, 0.1) is 6.61 Å². The van der Waals surface area contributed by atoms with E-state index < -0.39 is 26.6 Å². The van der Waals surface area contributed by atoms with Gasteiger partial charge in [0.25, 0.3) is 0 Å². The lowest BCUT2D eigenvalue weighted by atomic mass is 10.1. The van der Waals surface area contributed by atoms with E-state index in [0.29, 0.717) is 17.2 Å². The molecular formula is C14H13F2NO3S. The molecule has 0 bridgehead atoms. The smallest absolute Gasteiger partial charge is 0.243 e. The molecule has 0 aliphatic heterocycles. The van der Waals surface area contributed by atoms with Crippen molar-refractivity contribution < 1.29 is 22.3 Å². The van der Waals surface area contributed by atoms with Crippen LogP contribution in [0.5, 0.6) is 0 Å². The van der Waals surface area contributed by atoms with Gasteiger partial charge in [-0.1, -0.05) is 24.3 Å². The summed E-state index contributed by atoms with van der Waals surface area (Å²) in [6.07, 6.45) is 0. The minimum atomic E-state index is -4.16. The van der Waals surface area contributed by atoms with Gasteiger partial charge in [-0.25, -0.2) is 21.9 Å². The summed E-state index contributed by atoms with van der Waals surface area (Å²) >= 11 is 0. The lowest BCUT2D eigenvalue weighted by molar-refractivity contribution is 0.281. The maximum Gasteiger partial charge on any atom is 0.243 e. The van der Waals surface area contributed by atoms with Crippen LogP contribution in [0.1, 0.15) is 11.1 Å². The van der Waals surface area contributed by atoms with E-state index in [-0.39, 0.29) is 13.2 Å². The highest BCUT2D eigenvalue weighted by Crippen LogP contribution is 2.16. The monoisotopic (exact) mass is 313 g/mol. The number of halogens is 2. The highest BCUT2D eigenvalue weighted by Gasteiger charge is 2.19. The average Bonchev–Trinajstić information content (AvgIpc) is 2.48. The number of benzene rings is 2. The van der Waals surface area contributed by atoms with Crippen LogP contribution >= 0.6 is 0 Å². The predicted octanol–water partition coefficient (Wildman–Crippen LogP) is 1.94. The highest BCUT2D eigenvalue weighted by atomic mass is 32.2. The Hall–Kier alpha value is -1.83. The lowest BCUT2D eigenvalue weighted by Crippen LogP contribution is -2.24. The van der Waals surface area contributed by atoms with Crippen LogP contribution in [0, 0.1) is 11.6 Å². The van der Waals surface area contributed by atoms with E-state index in [9.17, 15) is 17.2 Å². The molecule has 2 N–H and O–H groups in total. The Kier molecular flexibility index (Phi) is 4.66. The molecule has 0 aliphatic rings. The first-order valence-electron chi connectivity index (χ1n) is 6.06. The fraction of sp³-hybridized carbons (Fsp3) is 0.143. The van der Waals surface area contributed by atoms with Crippen molar-refractivity contribution in [3.63, 3.8) is 0 Å². The van der Waals surface area contributed by atoms with Crippen molar-refractivity contribution in [3.8, 4) is 0 Å². The molecule has 21 heavy (non-hydrogen) atoms. The maximum absolute atomic E-state index is 13.5. The number of hydrogen-bond acceptors (Lipinski definition) is 3. The number of aliphatic hydroxyl groups is 1. The van der Waals surface area contributed by atoms with E-state index >= 15 is 0 Å². The molecule has 4 nitrogen and oxygen atoms in total. The van der Waals surface area contributed by atoms with Crippen LogP contribution in [-0.4, -0.2) is 13.5 Å². The fourth-order valence-electron chi connectivity index (χ4n) is 1.78. The minimum absolute atomic E-state index is 0.0911. The molecule has 0 amide bonds. The molecule has 0 fully saturated rings. The van der Waals surface area contributed by atoms with Gasteiger partial charge in [-0.05, 0) is 29.3 Å². The summed E-state index contributed by atoms with van der Waals surface area (Å²) in [5.41, 5.74) is 1.23. The Balaban J connectivity index is 2.19. The molecule has 0 atom stereocenters. The maximum atomic E-state index is 13.5. The van der Waals surface area contributed by atoms with Crippen LogP contribution in [0.4, 0.5) is 8.78 Å². The van der Waals surface area contributed by atoms with E-state index in [4.69, 9.17) is 5.11 Å². The molecule has 2 aromatic rings. The molecule has 0 aliphatic carbocycles. The summed E-state index contributed by atoms with van der Waals surface area (Å²) in [6.45, 7) is -0.259. The molecule has 0 radical (unpaired) electrons. The topological polar surface area (TPSA) is 66.4 Å². The molecule has 0 saturated carbocycles. The fourth-order valence-corrected chi connectivity index (χ4v) is 2.88. The summed E-state index contributed by atoms with van der Waals surface area (Å²) in [4.78, 5) is -0.735. The van der Waals surface area contributed by atoms with E-state index in [1.54, 1.807) is 24.3 Å². The lowest BCUT2D eigenvalue weighted by Gasteiger charge is -2.08. The summed E-state index contributed by atoms with van der Waals surface area (Å²) in [7, 11) is -4.16. The average molecular weight is 313 g/mol. The molecule has 7 heteroatoms. The van der Waals surface area contributed by atoms with Crippen molar-refractivity contribution >= 4 is 10.0 Å². The molecule has 0 spiro atoms. The zero-order valence-corrected chi connectivity index (χ0v) is 11.7. The van der Waals surface area contributed by atoms with Crippen LogP contribution in [0.2, 0.25) is 0 Å². The molecule has 2 rings (SSSR count). The van der Waals surface area contributed by atoms with Crippen molar-refractivity contribution in [2.75, 3.05) is 0 Å². The standard InChI is InChI=1S/C14H13F2NO3S/c15-12-4-5-13(16)14(7-12)21(19,20)17-8-10-2-1-3-11(6-10)9-18/h1-7,17-18H,8-9H2. The third kappa shape index (κ3) is 3.84. The number of sulfonamides is 1. The molecule has 0 aromatic heterocycles. The highest BCUT2D eigenvalue weighted by molar-refractivity contribution is 7.89. The van der Waals surface area contributed by atoms with Gasteiger partial charge in [0.15, 0.2) is 0 Å². The molecule has 0 saturated heterocycles. The normalized spacial score (nSPS) is 11.6. The van der Waals surface area contributed by atoms with Crippen LogP contribution in [0.25, 0.3) is 0 Å². The van der Waals surface area contributed by atoms with Gasteiger partial charge in [-0.2, -0.15) is 0 Å². The van der Waals surface area contributed by atoms with Gasteiger partial charge in [-0.15, -0.1) is 0 Å². The molecule has 0 heterocycles. The summed E-state index contributed by atoms with van der Waals surface area (Å²) in [6, 6.07) is 8.85. The third-order valence-electron chi connectivity index (χ3n) is 2.82. The van der Waals surface area contributed by atoms with Gasteiger partial charge >= 0.3 is 0 Å². The summed E-state index contributed by atoms with van der Waals surface area (Å²) in [5, 5.41) is 9.01. The van der Waals surface area contributed by atoms with Crippen molar-refractivity contribution in [3.05, 3.63) is 65.2 Å². The van der Waals surface area contributed by atoms with Crippen molar-refractivity contribution in [2.45, 2.75) is 18.0 Å². The number of aliphatic hydroxyl groups excluding tert-OH is 1. The van der Waals surface area contributed by atoms with Crippen LogP contribution in [0.15, 0.2) is 47.4 Å². The Morgan fingerprint density at radius 1 is 1.05 bits per heavy atom. The Bertz CT molecular complexity index is 748.